The van der Waals surface area contributed by atoms with Gasteiger partial charge in [-0.1, -0.05) is 41.4 Å². The quantitative estimate of drug-likeness (QED) is 0.418. The van der Waals surface area contributed by atoms with Crippen molar-refractivity contribution in [3.63, 3.8) is 0 Å². The summed E-state index contributed by atoms with van der Waals surface area (Å²) in [4.78, 5) is 17.1. The number of thiophene rings is 1. The van der Waals surface area contributed by atoms with Gasteiger partial charge in [-0.3, -0.25) is 9.78 Å². The van der Waals surface area contributed by atoms with Crippen molar-refractivity contribution in [3.8, 4) is 0 Å². The molecule has 2 heterocycles. The Morgan fingerprint density at radius 1 is 0.963 bits per heavy atom. The first-order chi connectivity index (χ1) is 13.1. The summed E-state index contributed by atoms with van der Waals surface area (Å²) in [6, 6.07) is 17.2. The van der Waals surface area contributed by atoms with Crippen molar-refractivity contribution in [2.45, 2.75) is 6.42 Å². The maximum absolute atomic E-state index is 12.6. The van der Waals surface area contributed by atoms with Gasteiger partial charge in [0.15, 0.2) is 0 Å². The molecule has 6 heteroatoms. The maximum atomic E-state index is 12.6. The summed E-state index contributed by atoms with van der Waals surface area (Å²) in [6.07, 6.45) is 4.39. The van der Waals surface area contributed by atoms with Gasteiger partial charge in [-0.25, -0.2) is 0 Å². The minimum Gasteiger partial charge on any atom is -0.321 e. The highest BCUT2D eigenvalue weighted by atomic mass is 35.5. The molecule has 2 aromatic carbocycles. The van der Waals surface area contributed by atoms with Crippen molar-refractivity contribution in [2.24, 2.45) is 0 Å². The van der Waals surface area contributed by atoms with Crippen LogP contribution >= 0.6 is 34.5 Å². The molecular weight excluding hydrogens is 399 g/mol. The number of benzene rings is 2. The average Bonchev–Trinajstić information content (AvgIpc) is 3.00. The number of carbonyl (C=O) groups is 1. The third-order valence-electron chi connectivity index (χ3n) is 4.17. The maximum Gasteiger partial charge on any atom is 0.267 e. The van der Waals surface area contributed by atoms with E-state index in [0.29, 0.717) is 14.9 Å². The summed E-state index contributed by atoms with van der Waals surface area (Å²) >= 11 is 13.7. The fourth-order valence-electron chi connectivity index (χ4n) is 2.82. The molecule has 0 aliphatic carbocycles. The fourth-order valence-corrected chi connectivity index (χ4v) is 4.50. The van der Waals surface area contributed by atoms with E-state index >= 15 is 0 Å². The Balaban J connectivity index is 1.50. The van der Waals surface area contributed by atoms with Gasteiger partial charge >= 0.3 is 0 Å². The molecule has 4 rings (SSSR count). The Labute approximate surface area is 170 Å². The topological polar surface area (TPSA) is 42.0 Å². The van der Waals surface area contributed by atoms with Crippen LogP contribution in [0.4, 0.5) is 5.69 Å². The predicted octanol–water partition coefficient (Wildman–Crippen LogP) is 6.45. The summed E-state index contributed by atoms with van der Waals surface area (Å²) in [5.41, 5.74) is 3.08. The highest BCUT2D eigenvalue weighted by Gasteiger charge is 2.17. The van der Waals surface area contributed by atoms with Gasteiger partial charge in [0, 0.05) is 33.2 Å². The molecule has 0 bridgehead atoms. The Bertz CT molecular complexity index is 1110. The molecule has 0 aliphatic heterocycles. The normalized spacial score (nSPS) is 10.9. The zero-order valence-electron chi connectivity index (χ0n) is 14.1. The summed E-state index contributed by atoms with van der Waals surface area (Å²) in [7, 11) is 0. The zero-order valence-corrected chi connectivity index (χ0v) is 16.4. The summed E-state index contributed by atoms with van der Waals surface area (Å²) in [5.74, 6) is -0.223. The Morgan fingerprint density at radius 3 is 2.41 bits per heavy atom. The van der Waals surface area contributed by atoms with Crippen LogP contribution in [0.25, 0.3) is 10.1 Å². The van der Waals surface area contributed by atoms with E-state index in [0.717, 1.165) is 27.8 Å². The predicted molar refractivity (Wildman–Crippen MR) is 113 cm³/mol. The first kappa shape index (κ1) is 18.0. The van der Waals surface area contributed by atoms with Crippen LogP contribution in [0.15, 0.2) is 67.0 Å². The van der Waals surface area contributed by atoms with E-state index in [1.165, 1.54) is 16.9 Å². The lowest BCUT2D eigenvalue weighted by Crippen LogP contribution is -2.10. The number of halogens is 2. The van der Waals surface area contributed by atoms with Gasteiger partial charge in [0.25, 0.3) is 5.91 Å². The summed E-state index contributed by atoms with van der Waals surface area (Å²) < 4.78 is 0.894. The molecule has 0 unspecified atom stereocenters. The van der Waals surface area contributed by atoms with Gasteiger partial charge in [-0.2, -0.15) is 0 Å². The molecule has 3 nitrogen and oxygen atoms in total. The second-order valence-corrected chi connectivity index (χ2v) is 7.94. The van der Waals surface area contributed by atoms with E-state index in [9.17, 15) is 4.79 Å². The first-order valence-corrected chi connectivity index (χ1v) is 9.84. The number of nitrogens with one attached hydrogen (secondary N) is 1. The van der Waals surface area contributed by atoms with Crippen molar-refractivity contribution in [3.05, 3.63) is 93.0 Å². The Kier molecular flexibility index (Phi) is 5.12. The van der Waals surface area contributed by atoms with E-state index in [1.807, 2.05) is 48.5 Å². The number of pyridine rings is 1. The highest BCUT2D eigenvalue weighted by Crippen LogP contribution is 2.37. The molecule has 1 amide bonds. The van der Waals surface area contributed by atoms with Crippen molar-refractivity contribution in [1.82, 2.24) is 4.98 Å². The molecular formula is C21H14Cl2N2OS. The molecule has 0 aliphatic rings. The van der Waals surface area contributed by atoms with Crippen LogP contribution in [0, 0.1) is 0 Å². The van der Waals surface area contributed by atoms with E-state index in [2.05, 4.69) is 10.3 Å². The van der Waals surface area contributed by atoms with Crippen LogP contribution in [0.3, 0.4) is 0 Å². The molecule has 1 N–H and O–H groups in total. The minimum absolute atomic E-state index is 0.223. The van der Waals surface area contributed by atoms with Crippen LogP contribution < -0.4 is 5.32 Å². The van der Waals surface area contributed by atoms with Crippen molar-refractivity contribution in [2.75, 3.05) is 5.32 Å². The average molecular weight is 413 g/mol. The van der Waals surface area contributed by atoms with Gasteiger partial charge in [0.1, 0.15) is 4.88 Å². The number of rotatable bonds is 4. The fraction of sp³-hybridized carbons (Fsp3) is 0.0476. The number of amides is 1. The number of anilines is 1. The van der Waals surface area contributed by atoms with Crippen LogP contribution in [0.5, 0.6) is 0 Å². The van der Waals surface area contributed by atoms with Crippen LogP contribution in [-0.2, 0) is 6.42 Å². The largest absolute Gasteiger partial charge is 0.321 e. The van der Waals surface area contributed by atoms with Gasteiger partial charge in [-0.15, -0.1) is 11.3 Å². The Morgan fingerprint density at radius 2 is 1.67 bits per heavy atom. The minimum atomic E-state index is -0.223. The van der Waals surface area contributed by atoms with E-state index in [1.54, 1.807) is 18.5 Å². The van der Waals surface area contributed by atoms with E-state index in [4.69, 9.17) is 23.2 Å². The van der Waals surface area contributed by atoms with Crippen LogP contribution in [-0.4, -0.2) is 10.9 Å². The van der Waals surface area contributed by atoms with E-state index < -0.39 is 0 Å². The summed E-state index contributed by atoms with van der Waals surface area (Å²) in [5, 5.41) is 4.83. The van der Waals surface area contributed by atoms with Gasteiger partial charge in [0.2, 0.25) is 0 Å². The lowest BCUT2D eigenvalue weighted by atomic mass is 10.1. The van der Waals surface area contributed by atoms with Crippen molar-refractivity contribution < 1.29 is 4.79 Å². The number of nitrogens with zero attached hydrogens (tertiary/aromatic N) is 1. The molecule has 0 radical (unpaired) electrons. The smallest absolute Gasteiger partial charge is 0.267 e. The summed E-state index contributed by atoms with van der Waals surface area (Å²) in [6.45, 7) is 0. The number of hydrogen-bond acceptors (Lipinski definition) is 3. The van der Waals surface area contributed by atoms with E-state index in [-0.39, 0.29) is 5.91 Å². The number of carbonyl (C=O) groups excluding carboxylic acids is 1. The number of aromatic nitrogens is 1. The van der Waals surface area contributed by atoms with Gasteiger partial charge in [-0.05, 0) is 53.9 Å². The molecule has 4 aromatic rings. The molecule has 0 atom stereocenters. The van der Waals surface area contributed by atoms with Gasteiger partial charge in [0.05, 0.1) is 5.02 Å². The molecule has 134 valence electrons. The number of hydrogen-bond donors (Lipinski definition) is 1. The first-order valence-electron chi connectivity index (χ1n) is 8.27. The lowest BCUT2D eigenvalue weighted by molar-refractivity contribution is 0.103. The molecule has 2 aromatic heterocycles. The standard InChI is InChI=1S/C21H14Cl2N2OS/c22-15-3-6-17-18(12-15)27-20(19(17)23)21(26)25-16-4-1-13(2-5-16)11-14-7-9-24-10-8-14/h1-10,12H,11H2,(H,25,26). The zero-order chi connectivity index (χ0) is 18.8. The molecule has 0 saturated carbocycles. The molecule has 27 heavy (non-hydrogen) atoms. The van der Waals surface area contributed by atoms with Gasteiger partial charge < -0.3 is 5.32 Å². The third kappa shape index (κ3) is 3.98. The third-order valence-corrected chi connectivity index (χ3v) is 6.06. The van der Waals surface area contributed by atoms with Crippen LogP contribution in [0.1, 0.15) is 20.8 Å². The monoisotopic (exact) mass is 412 g/mol. The molecule has 0 fully saturated rings. The van der Waals surface area contributed by atoms with Crippen LogP contribution in [0.2, 0.25) is 10.0 Å². The Hall–Kier alpha value is -2.40. The second-order valence-electron chi connectivity index (χ2n) is 6.07. The molecule has 0 spiro atoms. The molecule has 0 saturated heterocycles. The highest BCUT2D eigenvalue weighted by molar-refractivity contribution is 7.21. The van der Waals surface area contributed by atoms with Crippen molar-refractivity contribution >= 4 is 56.2 Å². The second kappa shape index (κ2) is 7.69. The number of fused-ring (bicyclic) bond motifs is 1. The lowest BCUT2D eigenvalue weighted by Gasteiger charge is -2.06. The SMILES string of the molecule is O=C(Nc1ccc(Cc2ccncc2)cc1)c1sc2cc(Cl)ccc2c1Cl. The van der Waals surface area contributed by atoms with Crippen molar-refractivity contribution in [1.29, 1.82) is 0 Å².